The molecule has 0 saturated carbocycles. The van der Waals surface area contributed by atoms with Crippen LogP contribution in [0.2, 0.25) is 0 Å². The Morgan fingerprint density at radius 1 is 1.08 bits per heavy atom. The van der Waals surface area contributed by atoms with E-state index >= 15 is 0 Å². The third-order valence-corrected chi connectivity index (χ3v) is 5.90. The number of aliphatic hydroxyl groups excluding tert-OH is 1. The van der Waals surface area contributed by atoms with Crippen LogP contribution in [0.4, 0.5) is 0 Å². The van der Waals surface area contributed by atoms with E-state index in [4.69, 9.17) is 0 Å². The molecular formula is C22H29NO. The molecule has 0 amide bonds. The lowest BCUT2D eigenvalue weighted by Crippen LogP contribution is -2.47. The zero-order valence-electron chi connectivity index (χ0n) is 14.9. The number of aliphatic hydroxyl groups is 1. The maximum atomic E-state index is 10.4. The maximum absolute atomic E-state index is 10.4. The van der Waals surface area contributed by atoms with Crippen molar-refractivity contribution in [2.45, 2.75) is 38.2 Å². The average Bonchev–Trinajstić information content (AvgIpc) is 2.64. The van der Waals surface area contributed by atoms with E-state index < -0.39 is 0 Å². The molecule has 1 aliphatic heterocycles. The molecule has 1 heterocycles. The largest absolute Gasteiger partial charge is 0.388 e. The van der Waals surface area contributed by atoms with Gasteiger partial charge in [0.25, 0.3) is 0 Å². The number of hydrogen-bond acceptors (Lipinski definition) is 2. The first-order valence-electron chi connectivity index (χ1n) is 9.10. The number of hydrogen-bond donors (Lipinski definition) is 1. The zero-order valence-corrected chi connectivity index (χ0v) is 14.9. The Hall–Kier alpha value is -1.64. The first kappa shape index (κ1) is 17.2. The summed E-state index contributed by atoms with van der Waals surface area (Å²) in [4.78, 5) is 2.52. The SMILES string of the molecule is C[C@H]1CN(CCC(O)c2ccccc2)CC[C@@]1(C)c1ccccc1. The number of piperidine rings is 1. The molecule has 0 radical (unpaired) electrons. The van der Waals surface area contributed by atoms with Crippen LogP contribution < -0.4 is 0 Å². The summed E-state index contributed by atoms with van der Waals surface area (Å²) in [5.74, 6) is 0.613. The standard InChI is InChI=1S/C22H29NO/c1-18-17-23(15-13-21(24)19-9-5-3-6-10-19)16-14-22(18,2)20-11-7-4-8-12-20/h3-12,18,21,24H,13-17H2,1-2H3/t18-,21?,22+/m0/s1. The first-order chi connectivity index (χ1) is 11.6. The second-order valence-electron chi connectivity index (χ2n) is 7.45. The second-order valence-corrected chi connectivity index (χ2v) is 7.45. The van der Waals surface area contributed by atoms with Gasteiger partial charge in [-0.05, 0) is 41.8 Å². The highest BCUT2D eigenvalue weighted by Gasteiger charge is 2.37. The molecule has 2 nitrogen and oxygen atoms in total. The minimum Gasteiger partial charge on any atom is -0.388 e. The number of benzene rings is 2. The number of likely N-dealkylation sites (tertiary alicyclic amines) is 1. The van der Waals surface area contributed by atoms with Crippen molar-refractivity contribution in [2.24, 2.45) is 5.92 Å². The van der Waals surface area contributed by atoms with Crippen LogP contribution in [0.3, 0.4) is 0 Å². The molecule has 1 aliphatic rings. The van der Waals surface area contributed by atoms with Gasteiger partial charge < -0.3 is 10.0 Å². The molecule has 1 saturated heterocycles. The van der Waals surface area contributed by atoms with Gasteiger partial charge in [-0.25, -0.2) is 0 Å². The molecule has 1 unspecified atom stereocenters. The summed E-state index contributed by atoms with van der Waals surface area (Å²) in [6.07, 6.45) is 1.63. The highest BCUT2D eigenvalue weighted by Crippen LogP contribution is 2.39. The topological polar surface area (TPSA) is 23.5 Å². The predicted molar refractivity (Wildman–Crippen MR) is 100 cm³/mol. The maximum Gasteiger partial charge on any atom is 0.0802 e. The summed E-state index contributed by atoms with van der Waals surface area (Å²) in [6, 6.07) is 20.9. The molecule has 2 heteroatoms. The van der Waals surface area contributed by atoms with Crippen LogP contribution in [0.25, 0.3) is 0 Å². The molecule has 128 valence electrons. The molecule has 1 N–H and O–H groups in total. The monoisotopic (exact) mass is 323 g/mol. The Morgan fingerprint density at radius 2 is 1.71 bits per heavy atom. The summed E-state index contributed by atoms with van der Waals surface area (Å²) in [5.41, 5.74) is 2.74. The van der Waals surface area contributed by atoms with Crippen LogP contribution in [0.1, 0.15) is 43.9 Å². The lowest BCUT2D eigenvalue weighted by molar-refractivity contribution is 0.0869. The van der Waals surface area contributed by atoms with Crippen molar-refractivity contribution in [1.29, 1.82) is 0 Å². The van der Waals surface area contributed by atoms with E-state index in [0.717, 1.165) is 31.6 Å². The van der Waals surface area contributed by atoms with Crippen LogP contribution in [0.15, 0.2) is 60.7 Å². The van der Waals surface area contributed by atoms with Gasteiger partial charge in [-0.1, -0.05) is 74.5 Å². The van der Waals surface area contributed by atoms with Crippen LogP contribution in [0, 0.1) is 5.92 Å². The van der Waals surface area contributed by atoms with Crippen molar-refractivity contribution in [3.63, 3.8) is 0 Å². The molecule has 2 aromatic carbocycles. The molecule has 2 aromatic rings. The minimum atomic E-state index is -0.357. The Morgan fingerprint density at radius 3 is 2.33 bits per heavy atom. The fourth-order valence-corrected chi connectivity index (χ4v) is 3.91. The molecule has 24 heavy (non-hydrogen) atoms. The number of nitrogens with zero attached hydrogens (tertiary/aromatic N) is 1. The van der Waals surface area contributed by atoms with Gasteiger partial charge in [-0.2, -0.15) is 0 Å². The van der Waals surface area contributed by atoms with Crippen molar-refractivity contribution in [3.05, 3.63) is 71.8 Å². The Bertz CT molecular complexity index is 625. The van der Waals surface area contributed by atoms with Gasteiger partial charge in [0.1, 0.15) is 0 Å². The van der Waals surface area contributed by atoms with Crippen LogP contribution in [-0.4, -0.2) is 29.6 Å². The molecular weight excluding hydrogens is 294 g/mol. The molecule has 0 aliphatic carbocycles. The third-order valence-electron chi connectivity index (χ3n) is 5.90. The Labute approximate surface area is 146 Å². The number of rotatable bonds is 5. The van der Waals surface area contributed by atoms with E-state index in [1.165, 1.54) is 12.0 Å². The predicted octanol–water partition coefficient (Wildman–Crippen LogP) is 4.41. The minimum absolute atomic E-state index is 0.260. The smallest absolute Gasteiger partial charge is 0.0802 e. The lowest BCUT2D eigenvalue weighted by Gasteiger charge is -2.45. The molecule has 3 rings (SSSR count). The summed E-state index contributed by atoms with van der Waals surface area (Å²) in [7, 11) is 0. The van der Waals surface area contributed by atoms with Crippen molar-refractivity contribution < 1.29 is 5.11 Å². The first-order valence-corrected chi connectivity index (χ1v) is 9.10. The third kappa shape index (κ3) is 3.71. The van der Waals surface area contributed by atoms with Gasteiger partial charge in [0.05, 0.1) is 6.10 Å². The van der Waals surface area contributed by atoms with Gasteiger partial charge >= 0.3 is 0 Å². The molecule has 0 spiro atoms. The van der Waals surface area contributed by atoms with Crippen molar-refractivity contribution in [3.8, 4) is 0 Å². The van der Waals surface area contributed by atoms with E-state index in [1.54, 1.807) is 0 Å². The van der Waals surface area contributed by atoms with E-state index in [9.17, 15) is 5.11 Å². The highest BCUT2D eigenvalue weighted by molar-refractivity contribution is 5.26. The van der Waals surface area contributed by atoms with Crippen molar-refractivity contribution in [2.75, 3.05) is 19.6 Å². The van der Waals surface area contributed by atoms with E-state index in [2.05, 4.69) is 49.1 Å². The van der Waals surface area contributed by atoms with Crippen molar-refractivity contribution in [1.82, 2.24) is 4.90 Å². The van der Waals surface area contributed by atoms with Gasteiger partial charge in [0, 0.05) is 13.1 Å². The van der Waals surface area contributed by atoms with Gasteiger partial charge in [0.2, 0.25) is 0 Å². The summed E-state index contributed by atoms with van der Waals surface area (Å²) < 4.78 is 0. The summed E-state index contributed by atoms with van der Waals surface area (Å²) in [5, 5.41) is 10.4. The normalized spacial score (nSPS) is 26.2. The molecule has 1 fully saturated rings. The highest BCUT2D eigenvalue weighted by atomic mass is 16.3. The Kier molecular flexibility index (Phi) is 5.37. The fourth-order valence-electron chi connectivity index (χ4n) is 3.91. The molecule has 0 aromatic heterocycles. The zero-order chi connectivity index (χ0) is 17.0. The van der Waals surface area contributed by atoms with E-state index in [1.807, 2.05) is 30.3 Å². The summed E-state index contributed by atoms with van der Waals surface area (Å²) in [6.45, 7) is 7.95. The van der Waals surface area contributed by atoms with Crippen LogP contribution >= 0.6 is 0 Å². The summed E-state index contributed by atoms with van der Waals surface area (Å²) >= 11 is 0. The quantitative estimate of drug-likeness (QED) is 0.881. The van der Waals surface area contributed by atoms with Gasteiger partial charge in [0.15, 0.2) is 0 Å². The van der Waals surface area contributed by atoms with Crippen LogP contribution in [0.5, 0.6) is 0 Å². The fraction of sp³-hybridized carbons (Fsp3) is 0.455. The van der Waals surface area contributed by atoms with E-state index in [-0.39, 0.29) is 11.5 Å². The van der Waals surface area contributed by atoms with Gasteiger partial charge in [-0.15, -0.1) is 0 Å². The lowest BCUT2D eigenvalue weighted by atomic mass is 9.68. The average molecular weight is 323 g/mol. The van der Waals surface area contributed by atoms with Crippen LogP contribution in [-0.2, 0) is 5.41 Å². The van der Waals surface area contributed by atoms with Gasteiger partial charge in [-0.3, -0.25) is 0 Å². The molecule has 3 atom stereocenters. The Balaban J connectivity index is 1.56. The molecule has 0 bridgehead atoms. The van der Waals surface area contributed by atoms with E-state index in [0.29, 0.717) is 5.92 Å². The second kappa shape index (κ2) is 7.50. The van der Waals surface area contributed by atoms with Crippen molar-refractivity contribution >= 4 is 0 Å².